The van der Waals surface area contributed by atoms with Crippen LogP contribution in [-0.2, 0) is 9.47 Å². The summed E-state index contributed by atoms with van der Waals surface area (Å²) in [6.45, 7) is 6.57. The number of halogens is 2. The first-order valence-corrected chi connectivity index (χ1v) is 10.3. The van der Waals surface area contributed by atoms with Crippen molar-refractivity contribution < 1.29 is 14.6 Å². The van der Waals surface area contributed by atoms with E-state index in [4.69, 9.17) is 9.47 Å². The molecular formula is C22H29BrClNO3. The van der Waals surface area contributed by atoms with Crippen LogP contribution in [0.5, 0.6) is 0 Å². The fraction of sp³-hybridized carbons (Fsp3) is 0.455. The molecular weight excluding hydrogens is 442 g/mol. The van der Waals surface area contributed by atoms with Crippen molar-refractivity contribution in [3.8, 4) is 0 Å². The van der Waals surface area contributed by atoms with E-state index in [1.165, 1.54) is 5.56 Å². The summed E-state index contributed by atoms with van der Waals surface area (Å²) in [6, 6.07) is 18.6. The molecule has 1 heterocycles. The van der Waals surface area contributed by atoms with Crippen molar-refractivity contribution in [2.45, 2.75) is 38.2 Å². The Morgan fingerprint density at radius 3 is 2.54 bits per heavy atom. The summed E-state index contributed by atoms with van der Waals surface area (Å²) in [4.78, 5) is 2.29. The van der Waals surface area contributed by atoms with Crippen LogP contribution in [0.1, 0.15) is 37.2 Å². The highest BCUT2D eigenvalue weighted by Crippen LogP contribution is 2.29. The first-order chi connectivity index (χ1) is 13.0. The van der Waals surface area contributed by atoms with E-state index >= 15 is 0 Å². The van der Waals surface area contributed by atoms with E-state index < -0.39 is 6.10 Å². The van der Waals surface area contributed by atoms with Crippen molar-refractivity contribution in [3.05, 3.63) is 70.2 Å². The molecule has 154 valence electrons. The molecule has 3 rings (SSSR count). The fourth-order valence-electron chi connectivity index (χ4n) is 3.52. The summed E-state index contributed by atoms with van der Waals surface area (Å²) in [6.07, 6.45) is -0.538. The lowest BCUT2D eigenvalue weighted by Crippen LogP contribution is -2.49. The zero-order valence-corrected chi connectivity index (χ0v) is 18.7. The van der Waals surface area contributed by atoms with Gasteiger partial charge in [-0.1, -0.05) is 58.4 Å². The molecule has 0 radical (unpaired) electrons. The molecule has 4 nitrogen and oxygen atoms in total. The quantitative estimate of drug-likeness (QED) is 0.633. The summed E-state index contributed by atoms with van der Waals surface area (Å²) in [5, 5.41) is 10.5. The average Bonchev–Trinajstić information content (AvgIpc) is 2.69. The molecule has 1 saturated heterocycles. The highest BCUT2D eigenvalue weighted by molar-refractivity contribution is 9.10. The van der Waals surface area contributed by atoms with Crippen LogP contribution in [0.2, 0.25) is 0 Å². The molecule has 0 aromatic heterocycles. The molecule has 0 bridgehead atoms. The highest BCUT2D eigenvalue weighted by Gasteiger charge is 2.31. The van der Waals surface area contributed by atoms with E-state index in [1.807, 2.05) is 49.4 Å². The van der Waals surface area contributed by atoms with Crippen LogP contribution in [-0.4, -0.2) is 48.5 Å². The zero-order valence-electron chi connectivity index (χ0n) is 16.3. The summed E-state index contributed by atoms with van der Waals surface area (Å²) in [7, 11) is 0. The maximum absolute atomic E-state index is 10.5. The number of nitrogens with zero attached hydrogens (tertiary/aromatic N) is 1. The molecule has 2 aromatic carbocycles. The molecule has 0 spiro atoms. The Balaban J connectivity index is 0.00000280. The van der Waals surface area contributed by atoms with Crippen molar-refractivity contribution in [1.29, 1.82) is 0 Å². The third-order valence-electron chi connectivity index (χ3n) is 5.14. The van der Waals surface area contributed by atoms with Gasteiger partial charge in [-0.3, -0.25) is 4.90 Å². The molecule has 0 saturated carbocycles. The van der Waals surface area contributed by atoms with Gasteiger partial charge in [-0.25, -0.2) is 0 Å². The third-order valence-corrected chi connectivity index (χ3v) is 5.67. The minimum absolute atomic E-state index is 0. The number of aliphatic hydroxyl groups excluding tert-OH is 1. The van der Waals surface area contributed by atoms with Crippen LogP contribution in [0.3, 0.4) is 0 Å². The lowest BCUT2D eigenvalue weighted by molar-refractivity contribution is -0.0880. The van der Waals surface area contributed by atoms with Gasteiger partial charge >= 0.3 is 0 Å². The van der Waals surface area contributed by atoms with E-state index in [-0.39, 0.29) is 30.7 Å². The molecule has 1 fully saturated rings. The Hall–Kier alpha value is -0.950. The van der Waals surface area contributed by atoms with Gasteiger partial charge in [0.2, 0.25) is 0 Å². The topological polar surface area (TPSA) is 41.9 Å². The van der Waals surface area contributed by atoms with Gasteiger partial charge in [-0.2, -0.15) is 0 Å². The monoisotopic (exact) mass is 469 g/mol. The van der Waals surface area contributed by atoms with Gasteiger partial charge in [0.25, 0.3) is 0 Å². The van der Waals surface area contributed by atoms with Crippen LogP contribution in [0, 0.1) is 0 Å². The van der Waals surface area contributed by atoms with Gasteiger partial charge in [-0.05, 0) is 37.1 Å². The number of aliphatic hydroxyl groups is 1. The number of rotatable bonds is 7. The molecule has 0 aliphatic carbocycles. The first kappa shape index (κ1) is 23.3. The molecule has 4 atom stereocenters. The van der Waals surface area contributed by atoms with Crippen LogP contribution in [0.15, 0.2) is 59.1 Å². The Morgan fingerprint density at radius 2 is 1.86 bits per heavy atom. The summed E-state index contributed by atoms with van der Waals surface area (Å²) >= 11 is 3.48. The lowest BCUT2D eigenvalue weighted by atomic mass is 10.0. The van der Waals surface area contributed by atoms with Crippen LogP contribution >= 0.6 is 28.3 Å². The standard InChI is InChI=1S/C22H28BrNO3.ClH/c1-16-22(19-8-10-20(23)11-9-19)26-13-12-24(16)14-21(25)15-27-17(2)18-6-4-3-5-7-18;/h3-11,16-17,21-22,25H,12-15H2,1-2H3;1H. The fourth-order valence-corrected chi connectivity index (χ4v) is 3.78. The van der Waals surface area contributed by atoms with Crippen molar-refractivity contribution >= 4 is 28.3 Å². The predicted molar refractivity (Wildman–Crippen MR) is 118 cm³/mol. The van der Waals surface area contributed by atoms with Gasteiger partial charge in [0.1, 0.15) is 0 Å². The molecule has 1 aliphatic heterocycles. The van der Waals surface area contributed by atoms with Crippen molar-refractivity contribution in [1.82, 2.24) is 4.90 Å². The molecule has 4 unspecified atom stereocenters. The van der Waals surface area contributed by atoms with Gasteiger partial charge in [0, 0.05) is 23.6 Å². The van der Waals surface area contributed by atoms with Gasteiger partial charge in [0.05, 0.1) is 31.5 Å². The van der Waals surface area contributed by atoms with Crippen molar-refractivity contribution in [3.63, 3.8) is 0 Å². The van der Waals surface area contributed by atoms with Crippen LogP contribution < -0.4 is 0 Å². The Morgan fingerprint density at radius 1 is 1.18 bits per heavy atom. The highest BCUT2D eigenvalue weighted by atomic mass is 79.9. The van der Waals surface area contributed by atoms with Gasteiger partial charge in [0.15, 0.2) is 0 Å². The van der Waals surface area contributed by atoms with Crippen LogP contribution in [0.25, 0.3) is 0 Å². The Labute approximate surface area is 182 Å². The molecule has 1 aliphatic rings. The molecule has 1 N–H and O–H groups in total. The summed E-state index contributed by atoms with van der Waals surface area (Å²) in [5.74, 6) is 0. The van der Waals surface area contributed by atoms with Crippen molar-refractivity contribution in [2.24, 2.45) is 0 Å². The smallest absolute Gasteiger partial charge is 0.0977 e. The minimum atomic E-state index is -0.526. The van der Waals surface area contributed by atoms with E-state index in [0.717, 1.165) is 16.6 Å². The van der Waals surface area contributed by atoms with E-state index in [9.17, 15) is 5.11 Å². The van der Waals surface area contributed by atoms with Gasteiger partial charge in [-0.15, -0.1) is 12.4 Å². The van der Waals surface area contributed by atoms with E-state index in [0.29, 0.717) is 19.8 Å². The van der Waals surface area contributed by atoms with E-state index in [2.05, 4.69) is 39.9 Å². The largest absolute Gasteiger partial charge is 0.389 e. The molecule has 28 heavy (non-hydrogen) atoms. The second-order valence-corrected chi connectivity index (χ2v) is 8.03. The first-order valence-electron chi connectivity index (χ1n) is 9.50. The summed E-state index contributed by atoms with van der Waals surface area (Å²) < 4.78 is 13.0. The maximum Gasteiger partial charge on any atom is 0.0977 e. The number of ether oxygens (including phenoxy) is 2. The SMILES string of the molecule is CC(OCC(O)CN1CCOC(c2ccc(Br)cc2)C1C)c1ccccc1.Cl. The van der Waals surface area contributed by atoms with Crippen molar-refractivity contribution in [2.75, 3.05) is 26.3 Å². The number of hydrogen-bond donors (Lipinski definition) is 1. The Bertz CT molecular complexity index is 701. The lowest BCUT2D eigenvalue weighted by Gasteiger charge is -2.40. The second-order valence-electron chi connectivity index (χ2n) is 7.12. The number of hydrogen-bond acceptors (Lipinski definition) is 4. The zero-order chi connectivity index (χ0) is 19.2. The van der Waals surface area contributed by atoms with E-state index in [1.54, 1.807) is 0 Å². The molecule has 2 aromatic rings. The Kier molecular flexibility index (Phi) is 9.41. The van der Waals surface area contributed by atoms with Gasteiger partial charge < -0.3 is 14.6 Å². The second kappa shape index (κ2) is 11.3. The average molecular weight is 471 g/mol. The predicted octanol–water partition coefficient (Wildman–Crippen LogP) is 4.77. The third kappa shape index (κ3) is 6.28. The molecule has 0 amide bonds. The number of β-amino-alcohol motifs (C(OH)–C–C–N with tert-alkyl or cyclic N) is 1. The number of benzene rings is 2. The molecule has 6 heteroatoms. The summed E-state index contributed by atoms with van der Waals surface area (Å²) in [5.41, 5.74) is 2.29. The normalized spacial score (nSPS) is 22.3. The maximum atomic E-state index is 10.5. The minimum Gasteiger partial charge on any atom is -0.389 e. The number of morpholine rings is 1. The van der Waals surface area contributed by atoms with Crippen LogP contribution in [0.4, 0.5) is 0 Å².